The Kier molecular flexibility index (Phi) is 2.40. The van der Waals surface area contributed by atoms with Crippen molar-refractivity contribution in [1.29, 1.82) is 0 Å². The maximum absolute atomic E-state index is 10.4. The van der Waals surface area contributed by atoms with Crippen LogP contribution in [0.2, 0.25) is 0 Å². The van der Waals surface area contributed by atoms with Gasteiger partial charge in [0.05, 0.1) is 6.20 Å². The van der Waals surface area contributed by atoms with Crippen molar-refractivity contribution in [3.63, 3.8) is 0 Å². The highest BCUT2D eigenvalue weighted by atomic mass is 32.3. The number of aromatic nitrogens is 2. The Morgan fingerprint density at radius 1 is 1.25 bits per heavy atom. The molecule has 2 rings (SSSR count). The van der Waals surface area contributed by atoms with Crippen LogP contribution in [0.25, 0.3) is 0 Å². The molecule has 0 unspecified atom stereocenters. The Morgan fingerprint density at radius 3 is 2.12 bits per heavy atom. The molecule has 0 aromatic carbocycles. The quantitative estimate of drug-likeness (QED) is 0.827. The van der Waals surface area contributed by atoms with Crippen LogP contribution in [-0.4, -0.2) is 25.5 Å². The summed E-state index contributed by atoms with van der Waals surface area (Å²) in [6.07, 6.45) is 3.29. The second-order valence-electron chi connectivity index (χ2n) is 5.01. The summed E-state index contributed by atoms with van der Waals surface area (Å²) < 4.78 is 23.5. The molecule has 0 amide bonds. The first-order chi connectivity index (χ1) is 7.16. The van der Waals surface area contributed by atoms with Crippen molar-refractivity contribution < 1.29 is 12.9 Å². The van der Waals surface area contributed by atoms with Crippen LogP contribution in [0.4, 0.5) is 0 Å². The van der Waals surface area contributed by atoms with Crippen LogP contribution in [0, 0.1) is 0 Å². The number of aryl methyl sites for hydroxylation is 1. The van der Waals surface area contributed by atoms with E-state index in [4.69, 9.17) is 8.37 Å². The average molecular weight is 246 g/mol. The summed E-state index contributed by atoms with van der Waals surface area (Å²) >= 11 is 0. The SMILES string of the molecule is Cn1cc(S2(O)OC(C)(C)C(C)(C)O2)cn1. The minimum Gasteiger partial charge on any atom is -0.304 e. The first kappa shape index (κ1) is 11.9. The summed E-state index contributed by atoms with van der Waals surface area (Å²) in [5, 5.41) is 4.02. The highest BCUT2D eigenvalue weighted by Crippen LogP contribution is 2.66. The number of nitrogens with zero attached hydrogens (tertiary/aromatic N) is 2. The van der Waals surface area contributed by atoms with Crippen molar-refractivity contribution >= 4 is 10.9 Å². The zero-order chi connectivity index (χ0) is 12.2. The third-order valence-electron chi connectivity index (χ3n) is 3.07. The molecule has 1 aliphatic heterocycles. The van der Waals surface area contributed by atoms with E-state index in [1.54, 1.807) is 24.1 Å². The zero-order valence-corrected chi connectivity index (χ0v) is 11.0. The fraction of sp³-hybridized carbons (Fsp3) is 0.700. The van der Waals surface area contributed by atoms with E-state index in [0.717, 1.165) is 0 Å². The third-order valence-corrected chi connectivity index (χ3v) is 5.16. The van der Waals surface area contributed by atoms with Gasteiger partial charge in [-0.1, -0.05) is 0 Å². The van der Waals surface area contributed by atoms with Gasteiger partial charge in [0.2, 0.25) is 0 Å². The summed E-state index contributed by atoms with van der Waals surface area (Å²) in [5.74, 6) is 0. The summed E-state index contributed by atoms with van der Waals surface area (Å²) in [6, 6.07) is 0. The van der Waals surface area contributed by atoms with Gasteiger partial charge < -0.3 is 4.55 Å². The summed E-state index contributed by atoms with van der Waals surface area (Å²) in [7, 11) is -0.871. The summed E-state index contributed by atoms with van der Waals surface area (Å²) in [6.45, 7) is 7.64. The lowest BCUT2D eigenvalue weighted by Gasteiger charge is -2.28. The Bertz CT molecular complexity index is 398. The minimum absolute atomic E-state index is 0.535. The topological polar surface area (TPSA) is 56.5 Å². The van der Waals surface area contributed by atoms with Crippen molar-refractivity contribution in [2.24, 2.45) is 7.05 Å². The van der Waals surface area contributed by atoms with Crippen LogP contribution in [0.5, 0.6) is 0 Å². The Labute approximate surface area is 97.3 Å². The lowest BCUT2D eigenvalue weighted by Crippen LogP contribution is -2.41. The van der Waals surface area contributed by atoms with Crippen LogP contribution < -0.4 is 0 Å². The molecule has 0 bridgehead atoms. The van der Waals surface area contributed by atoms with Gasteiger partial charge in [-0.05, 0) is 27.7 Å². The predicted molar refractivity (Wildman–Crippen MR) is 62.0 cm³/mol. The molecule has 1 aliphatic rings. The minimum atomic E-state index is -2.66. The third kappa shape index (κ3) is 1.66. The average Bonchev–Trinajstić information content (AvgIpc) is 2.54. The molecule has 5 nitrogen and oxygen atoms in total. The van der Waals surface area contributed by atoms with Crippen molar-refractivity contribution in [1.82, 2.24) is 9.78 Å². The van der Waals surface area contributed by atoms with Crippen molar-refractivity contribution in [3.05, 3.63) is 12.4 Å². The largest absolute Gasteiger partial charge is 0.304 e. The number of hydrogen-bond donors (Lipinski definition) is 1. The molecule has 1 aromatic heterocycles. The van der Waals surface area contributed by atoms with Gasteiger partial charge in [0.15, 0.2) is 0 Å². The Balaban J connectivity index is 2.37. The van der Waals surface area contributed by atoms with E-state index < -0.39 is 22.1 Å². The first-order valence-corrected chi connectivity index (χ1v) is 6.56. The Morgan fingerprint density at radius 2 is 1.75 bits per heavy atom. The van der Waals surface area contributed by atoms with E-state index in [1.807, 2.05) is 27.7 Å². The van der Waals surface area contributed by atoms with Crippen LogP contribution in [0.15, 0.2) is 17.3 Å². The maximum Gasteiger partial charge on any atom is 0.122 e. The van der Waals surface area contributed by atoms with E-state index in [-0.39, 0.29) is 0 Å². The van der Waals surface area contributed by atoms with Gasteiger partial charge in [0.1, 0.15) is 27.0 Å². The normalized spacial score (nSPS) is 27.9. The molecule has 0 saturated carbocycles. The molecular formula is C10H18N2O3S. The van der Waals surface area contributed by atoms with Crippen molar-refractivity contribution in [2.45, 2.75) is 43.8 Å². The smallest absolute Gasteiger partial charge is 0.122 e. The zero-order valence-electron chi connectivity index (χ0n) is 10.2. The van der Waals surface area contributed by atoms with Gasteiger partial charge in [-0.15, -0.1) is 0 Å². The van der Waals surface area contributed by atoms with Gasteiger partial charge in [-0.25, -0.2) is 0 Å². The van der Waals surface area contributed by atoms with Crippen LogP contribution in [-0.2, 0) is 15.4 Å². The molecule has 92 valence electrons. The predicted octanol–water partition coefficient (Wildman–Crippen LogP) is 2.49. The standard InChI is InChI=1S/C10H18N2O3S/c1-9(2)10(3,4)15-16(13,14-9)8-6-11-12(5)7-8/h6-7,13H,1-5H3. The molecule has 0 radical (unpaired) electrons. The molecule has 6 heteroatoms. The van der Waals surface area contributed by atoms with Gasteiger partial charge in [0.25, 0.3) is 0 Å². The first-order valence-electron chi connectivity index (χ1n) is 5.12. The molecular weight excluding hydrogens is 228 g/mol. The van der Waals surface area contributed by atoms with Crippen LogP contribution >= 0.6 is 10.9 Å². The molecule has 16 heavy (non-hydrogen) atoms. The fourth-order valence-electron chi connectivity index (χ4n) is 1.41. The Hall–Kier alpha value is -0.560. The highest BCUT2D eigenvalue weighted by Gasteiger charge is 2.55. The second-order valence-corrected chi connectivity index (χ2v) is 6.77. The second kappa shape index (κ2) is 3.22. The molecule has 1 fully saturated rings. The van der Waals surface area contributed by atoms with Gasteiger partial charge in [-0.2, -0.15) is 5.10 Å². The van der Waals surface area contributed by atoms with E-state index in [1.165, 1.54) is 0 Å². The van der Waals surface area contributed by atoms with Crippen LogP contribution in [0.3, 0.4) is 0 Å². The lowest BCUT2D eigenvalue weighted by molar-refractivity contribution is 0.00578. The highest BCUT2D eigenvalue weighted by molar-refractivity contribution is 8.21. The van der Waals surface area contributed by atoms with E-state index in [0.29, 0.717) is 4.90 Å². The van der Waals surface area contributed by atoms with Crippen molar-refractivity contribution in [3.8, 4) is 0 Å². The molecule has 1 N–H and O–H groups in total. The summed E-state index contributed by atoms with van der Waals surface area (Å²) in [5.41, 5.74) is -1.07. The maximum atomic E-state index is 10.4. The van der Waals surface area contributed by atoms with E-state index in [9.17, 15) is 4.55 Å². The fourth-order valence-corrected chi connectivity index (χ4v) is 3.63. The molecule has 0 atom stereocenters. The lowest BCUT2D eigenvalue weighted by atomic mass is 9.90. The van der Waals surface area contributed by atoms with E-state index in [2.05, 4.69) is 5.10 Å². The molecule has 1 aromatic rings. The van der Waals surface area contributed by atoms with Crippen molar-refractivity contribution in [2.75, 3.05) is 0 Å². The molecule has 2 heterocycles. The van der Waals surface area contributed by atoms with Gasteiger partial charge in [0, 0.05) is 13.2 Å². The number of rotatable bonds is 1. The van der Waals surface area contributed by atoms with Crippen LogP contribution in [0.1, 0.15) is 27.7 Å². The monoisotopic (exact) mass is 246 g/mol. The molecule has 0 spiro atoms. The summed E-state index contributed by atoms with van der Waals surface area (Å²) in [4.78, 5) is 0.591. The van der Waals surface area contributed by atoms with Gasteiger partial charge >= 0.3 is 0 Å². The molecule has 1 saturated heterocycles. The van der Waals surface area contributed by atoms with E-state index >= 15 is 0 Å². The number of hydrogen-bond acceptors (Lipinski definition) is 4. The van der Waals surface area contributed by atoms with Gasteiger partial charge in [-0.3, -0.25) is 13.0 Å². The molecule has 0 aliphatic carbocycles.